The summed E-state index contributed by atoms with van der Waals surface area (Å²) in [6, 6.07) is 7.46. The molecule has 0 bridgehead atoms. The van der Waals surface area contributed by atoms with Crippen molar-refractivity contribution < 1.29 is 13.2 Å². The van der Waals surface area contributed by atoms with Crippen LogP contribution in [0.3, 0.4) is 0 Å². The van der Waals surface area contributed by atoms with Crippen LogP contribution < -0.4 is 15.4 Å². The van der Waals surface area contributed by atoms with Gasteiger partial charge in [-0.25, -0.2) is 17.9 Å². The molecule has 0 spiro atoms. The van der Waals surface area contributed by atoms with Crippen LogP contribution in [0.25, 0.3) is 0 Å². The zero-order valence-electron chi connectivity index (χ0n) is 13.1. The number of rotatable bonds is 5. The molecule has 0 fully saturated rings. The number of hydrogen-bond acceptors (Lipinski definition) is 4. The van der Waals surface area contributed by atoms with E-state index in [1.54, 1.807) is 23.9 Å². The van der Waals surface area contributed by atoms with Gasteiger partial charge in [-0.15, -0.1) is 0 Å². The van der Waals surface area contributed by atoms with E-state index in [0.29, 0.717) is 12.2 Å². The van der Waals surface area contributed by atoms with Gasteiger partial charge in [0.25, 0.3) is 0 Å². The Morgan fingerprint density at radius 2 is 2.04 bits per heavy atom. The number of aryl methyl sites for hydroxylation is 2. The van der Waals surface area contributed by atoms with Crippen molar-refractivity contribution in [2.24, 2.45) is 7.05 Å². The van der Waals surface area contributed by atoms with Crippen LogP contribution in [0.5, 0.6) is 0 Å². The van der Waals surface area contributed by atoms with Crippen molar-refractivity contribution in [3.05, 3.63) is 41.7 Å². The summed E-state index contributed by atoms with van der Waals surface area (Å²) in [7, 11) is -0.417. The van der Waals surface area contributed by atoms with Gasteiger partial charge in [-0.3, -0.25) is 4.68 Å². The summed E-state index contributed by atoms with van der Waals surface area (Å²) in [4.78, 5) is 12.0. The Kier molecular flexibility index (Phi) is 5.02. The molecule has 0 aliphatic rings. The minimum atomic E-state index is -3.55. The van der Waals surface area contributed by atoms with Crippen LogP contribution in [0, 0.1) is 6.92 Å². The molecule has 124 valence electrons. The molecule has 8 nitrogen and oxygen atoms in total. The Bertz CT molecular complexity index is 814. The van der Waals surface area contributed by atoms with Crippen molar-refractivity contribution in [3.8, 4) is 0 Å². The van der Waals surface area contributed by atoms with Crippen molar-refractivity contribution >= 4 is 21.7 Å². The number of aromatic nitrogens is 2. The van der Waals surface area contributed by atoms with Gasteiger partial charge in [-0.1, -0.05) is 6.07 Å². The highest BCUT2D eigenvalue weighted by Gasteiger charge is 2.12. The number of anilines is 1. The molecule has 0 saturated carbocycles. The number of sulfonamides is 1. The third kappa shape index (κ3) is 4.30. The predicted octanol–water partition coefficient (Wildman–Crippen LogP) is 0.958. The lowest BCUT2D eigenvalue weighted by Gasteiger charge is -2.09. The molecule has 0 saturated heterocycles. The normalized spacial score (nSPS) is 11.3. The number of carbonyl (C=O) groups is 1. The number of benzene rings is 1. The molecule has 2 rings (SSSR count). The molecule has 0 unspecified atom stereocenters. The first-order valence-electron chi connectivity index (χ1n) is 6.90. The quantitative estimate of drug-likeness (QED) is 0.755. The zero-order valence-corrected chi connectivity index (χ0v) is 13.9. The minimum absolute atomic E-state index is 0.0834. The third-order valence-corrected chi connectivity index (χ3v) is 4.61. The van der Waals surface area contributed by atoms with Crippen LogP contribution in [0.1, 0.15) is 11.4 Å². The van der Waals surface area contributed by atoms with Crippen molar-refractivity contribution in [2.45, 2.75) is 18.4 Å². The van der Waals surface area contributed by atoms with Crippen molar-refractivity contribution in [2.75, 3.05) is 12.4 Å². The summed E-state index contributed by atoms with van der Waals surface area (Å²) in [6.45, 7) is 2.19. The second-order valence-corrected chi connectivity index (χ2v) is 6.83. The lowest BCUT2D eigenvalue weighted by molar-refractivity contribution is 0.251. The van der Waals surface area contributed by atoms with Crippen molar-refractivity contribution in [1.82, 2.24) is 19.8 Å². The SMILES string of the molecule is CNS(=O)(=O)c1cccc(NC(=O)NCc2cc(C)nn2C)c1. The average Bonchev–Trinajstić information content (AvgIpc) is 2.83. The van der Waals surface area contributed by atoms with Gasteiger partial charge in [-0.05, 0) is 38.2 Å². The number of nitrogens with one attached hydrogen (secondary N) is 3. The zero-order chi connectivity index (χ0) is 17.0. The minimum Gasteiger partial charge on any atom is -0.332 e. The van der Waals surface area contributed by atoms with E-state index < -0.39 is 16.1 Å². The van der Waals surface area contributed by atoms with Crippen LogP contribution in [0.15, 0.2) is 35.2 Å². The number of carbonyl (C=O) groups excluding carboxylic acids is 1. The summed E-state index contributed by atoms with van der Waals surface area (Å²) in [6.07, 6.45) is 0. The fourth-order valence-electron chi connectivity index (χ4n) is 2.03. The molecule has 3 N–H and O–H groups in total. The smallest absolute Gasteiger partial charge is 0.319 e. The summed E-state index contributed by atoms with van der Waals surface area (Å²) < 4.78 is 27.4. The Labute approximate surface area is 134 Å². The van der Waals surface area contributed by atoms with E-state index in [1.165, 1.54) is 19.2 Å². The molecular formula is C14H19N5O3S. The van der Waals surface area contributed by atoms with E-state index in [9.17, 15) is 13.2 Å². The van der Waals surface area contributed by atoms with Crippen LogP contribution in [-0.4, -0.2) is 31.3 Å². The van der Waals surface area contributed by atoms with Gasteiger partial charge in [-0.2, -0.15) is 5.10 Å². The molecule has 0 aliphatic carbocycles. The molecule has 0 aliphatic heterocycles. The van der Waals surface area contributed by atoms with Gasteiger partial charge in [0.2, 0.25) is 10.0 Å². The first-order chi connectivity index (χ1) is 10.8. The molecule has 0 radical (unpaired) electrons. The molecule has 2 aromatic rings. The van der Waals surface area contributed by atoms with Gasteiger partial charge < -0.3 is 10.6 Å². The summed E-state index contributed by atoms with van der Waals surface area (Å²) in [5, 5.41) is 9.49. The average molecular weight is 337 g/mol. The summed E-state index contributed by atoms with van der Waals surface area (Å²) in [5.41, 5.74) is 2.12. The largest absolute Gasteiger partial charge is 0.332 e. The molecule has 1 heterocycles. The molecule has 9 heteroatoms. The van der Waals surface area contributed by atoms with E-state index in [4.69, 9.17) is 0 Å². The Hall–Kier alpha value is -2.39. The monoisotopic (exact) mass is 337 g/mol. The van der Waals surface area contributed by atoms with E-state index in [-0.39, 0.29) is 4.90 Å². The van der Waals surface area contributed by atoms with E-state index in [0.717, 1.165) is 11.4 Å². The Morgan fingerprint density at radius 1 is 1.30 bits per heavy atom. The first-order valence-corrected chi connectivity index (χ1v) is 8.38. The highest BCUT2D eigenvalue weighted by atomic mass is 32.2. The maximum absolute atomic E-state index is 11.9. The topological polar surface area (TPSA) is 105 Å². The fraction of sp³-hybridized carbons (Fsp3) is 0.286. The fourth-order valence-corrected chi connectivity index (χ4v) is 2.81. The predicted molar refractivity (Wildman–Crippen MR) is 86.5 cm³/mol. The number of hydrogen-bond donors (Lipinski definition) is 3. The molecular weight excluding hydrogens is 318 g/mol. The van der Waals surface area contributed by atoms with Crippen LogP contribution >= 0.6 is 0 Å². The van der Waals surface area contributed by atoms with Gasteiger partial charge in [0, 0.05) is 12.7 Å². The number of amides is 2. The standard InChI is InChI=1S/C14H19N5O3S/c1-10-7-12(19(3)18-10)9-16-14(20)17-11-5-4-6-13(8-11)23(21,22)15-2/h4-8,15H,9H2,1-3H3,(H2,16,17,20). The second kappa shape index (κ2) is 6.80. The Balaban J connectivity index is 2.00. The Morgan fingerprint density at radius 3 is 2.65 bits per heavy atom. The van der Waals surface area contributed by atoms with Gasteiger partial charge in [0.1, 0.15) is 0 Å². The number of nitrogens with zero attached hydrogens (tertiary/aromatic N) is 2. The lowest BCUT2D eigenvalue weighted by Crippen LogP contribution is -2.29. The molecule has 2 amide bonds. The molecule has 0 atom stereocenters. The van der Waals surface area contributed by atoms with Crippen molar-refractivity contribution in [1.29, 1.82) is 0 Å². The van der Waals surface area contributed by atoms with E-state index >= 15 is 0 Å². The lowest BCUT2D eigenvalue weighted by atomic mass is 10.3. The highest BCUT2D eigenvalue weighted by Crippen LogP contribution is 2.15. The summed E-state index contributed by atoms with van der Waals surface area (Å²) in [5.74, 6) is 0. The van der Waals surface area contributed by atoms with Crippen LogP contribution in [0.2, 0.25) is 0 Å². The molecule has 23 heavy (non-hydrogen) atoms. The van der Waals surface area contributed by atoms with Crippen LogP contribution in [-0.2, 0) is 23.6 Å². The number of urea groups is 1. The maximum atomic E-state index is 11.9. The summed E-state index contributed by atoms with van der Waals surface area (Å²) >= 11 is 0. The van der Waals surface area contributed by atoms with Gasteiger partial charge >= 0.3 is 6.03 Å². The molecule has 1 aromatic heterocycles. The highest BCUT2D eigenvalue weighted by molar-refractivity contribution is 7.89. The second-order valence-electron chi connectivity index (χ2n) is 4.94. The van der Waals surface area contributed by atoms with Gasteiger partial charge in [0.05, 0.1) is 22.8 Å². The third-order valence-electron chi connectivity index (χ3n) is 3.20. The van der Waals surface area contributed by atoms with Gasteiger partial charge in [0.15, 0.2) is 0 Å². The maximum Gasteiger partial charge on any atom is 0.319 e. The van der Waals surface area contributed by atoms with E-state index in [2.05, 4.69) is 20.5 Å². The van der Waals surface area contributed by atoms with Crippen molar-refractivity contribution in [3.63, 3.8) is 0 Å². The van der Waals surface area contributed by atoms with E-state index in [1.807, 2.05) is 13.0 Å². The van der Waals surface area contributed by atoms with Crippen LogP contribution in [0.4, 0.5) is 10.5 Å². The first kappa shape index (κ1) is 17.0. The molecule has 1 aromatic carbocycles.